The minimum atomic E-state index is -0.958. The van der Waals surface area contributed by atoms with Crippen LogP contribution in [0.25, 0.3) is 0 Å². The number of hydrogen-bond donors (Lipinski definition) is 2. The second-order valence-corrected chi connectivity index (χ2v) is 4.31. The van der Waals surface area contributed by atoms with Crippen LogP contribution in [0.5, 0.6) is 0 Å². The SMILES string of the molecule is CCN(CC)C(=O)CC[C@]1(C)NC(=O)NC1=O. The Balaban J connectivity index is 2.53. The van der Waals surface area contributed by atoms with Crippen molar-refractivity contribution in [2.75, 3.05) is 13.1 Å². The van der Waals surface area contributed by atoms with Crippen molar-refractivity contribution < 1.29 is 14.4 Å². The fourth-order valence-electron chi connectivity index (χ4n) is 1.85. The summed E-state index contributed by atoms with van der Waals surface area (Å²) in [5.41, 5.74) is -0.958. The Hall–Kier alpha value is -1.59. The van der Waals surface area contributed by atoms with Crippen molar-refractivity contribution >= 4 is 17.8 Å². The maximum atomic E-state index is 11.8. The Labute approximate surface area is 101 Å². The van der Waals surface area contributed by atoms with Crippen LogP contribution in [0.4, 0.5) is 4.79 Å². The zero-order chi connectivity index (χ0) is 13.1. The van der Waals surface area contributed by atoms with Gasteiger partial charge in [0.25, 0.3) is 5.91 Å². The predicted octanol–water partition coefficient (Wildman–Crippen LogP) is 0.233. The number of carbonyl (C=O) groups is 3. The molecule has 1 atom stereocenters. The van der Waals surface area contributed by atoms with E-state index in [4.69, 9.17) is 0 Å². The molecular formula is C11H19N3O3. The lowest BCUT2D eigenvalue weighted by Gasteiger charge is -2.23. The summed E-state index contributed by atoms with van der Waals surface area (Å²) >= 11 is 0. The molecule has 2 N–H and O–H groups in total. The maximum absolute atomic E-state index is 11.8. The third-order valence-electron chi connectivity index (χ3n) is 3.07. The normalized spacial score (nSPS) is 23.2. The fourth-order valence-corrected chi connectivity index (χ4v) is 1.85. The smallest absolute Gasteiger partial charge is 0.322 e. The molecular weight excluding hydrogens is 222 g/mol. The van der Waals surface area contributed by atoms with Gasteiger partial charge in [0.2, 0.25) is 5.91 Å². The second kappa shape index (κ2) is 5.16. The van der Waals surface area contributed by atoms with Gasteiger partial charge in [0.15, 0.2) is 0 Å². The Morgan fingerprint density at radius 3 is 2.29 bits per heavy atom. The fraction of sp³-hybridized carbons (Fsp3) is 0.727. The molecule has 0 bridgehead atoms. The molecule has 0 aliphatic carbocycles. The lowest BCUT2D eigenvalue weighted by Crippen LogP contribution is -2.44. The molecule has 0 saturated carbocycles. The van der Waals surface area contributed by atoms with Crippen LogP contribution in [-0.4, -0.2) is 41.4 Å². The summed E-state index contributed by atoms with van der Waals surface area (Å²) in [6.07, 6.45) is 0.575. The molecule has 4 amide bonds. The first kappa shape index (κ1) is 13.5. The van der Waals surface area contributed by atoms with E-state index in [-0.39, 0.29) is 18.2 Å². The number of hydrogen-bond acceptors (Lipinski definition) is 3. The summed E-state index contributed by atoms with van der Waals surface area (Å²) in [6, 6.07) is -0.493. The molecule has 0 aromatic rings. The van der Waals surface area contributed by atoms with Gasteiger partial charge in [-0.1, -0.05) is 0 Å². The average Bonchev–Trinajstić information content (AvgIpc) is 2.52. The minimum absolute atomic E-state index is 0.00479. The molecule has 1 aliphatic heterocycles. The zero-order valence-electron chi connectivity index (χ0n) is 10.5. The van der Waals surface area contributed by atoms with Crippen LogP contribution < -0.4 is 10.6 Å². The van der Waals surface area contributed by atoms with Crippen molar-refractivity contribution in [3.8, 4) is 0 Å². The lowest BCUT2D eigenvalue weighted by atomic mass is 9.96. The Kier molecular flexibility index (Phi) is 4.09. The Morgan fingerprint density at radius 1 is 1.29 bits per heavy atom. The summed E-state index contributed by atoms with van der Waals surface area (Å²) in [7, 11) is 0. The molecule has 1 heterocycles. The van der Waals surface area contributed by atoms with Crippen LogP contribution in [-0.2, 0) is 9.59 Å². The minimum Gasteiger partial charge on any atom is -0.343 e. The summed E-state index contributed by atoms with van der Waals surface area (Å²) in [6.45, 7) is 6.76. The predicted molar refractivity (Wildman–Crippen MR) is 62.2 cm³/mol. The molecule has 17 heavy (non-hydrogen) atoms. The van der Waals surface area contributed by atoms with Crippen LogP contribution >= 0.6 is 0 Å². The van der Waals surface area contributed by atoms with Gasteiger partial charge in [-0.05, 0) is 27.2 Å². The van der Waals surface area contributed by atoms with Gasteiger partial charge < -0.3 is 10.2 Å². The van der Waals surface area contributed by atoms with Gasteiger partial charge in [0.05, 0.1) is 0 Å². The Bertz CT molecular complexity index is 339. The van der Waals surface area contributed by atoms with Gasteiger partial charge in [-0.25, -0.2) is 4.79 Å². The molecule has 1 aliphatic rings. The first-order valence-corrected chi connectivity index (χ1v) is 5.84. The van der Waals surface area contributed by atoms with Gasteiger partial charge in [0, 0.05) is 19.5 Å². The second-order valence-electron chi connectivity index (χ2n) is 4.31. The molecule has 0 aromatic heterocycles. The van der Waals surface area contributed by atoms with E-state index >= 15 is 0 Å². The van der Waals surface area contributed by atoms with E-state index in [1.807, 2.05) is 13.8 Å². The van der Waals surface area contributed by atoms with E-state index in [1.165, 1.54) is 0 Å². The van der Waals surface area contributed by atoms with Crippen LogP contribution in [0.1, 0.15) is 33.6 Å². The number of nitrogens with zero attached hydrogens (tertiary/aromatic N) is 1. The largest absolute Gasteiger partial charge is 0.343 e. The van der Waals surface area contributed by atoms with Crippen molar-refractivity contribution in [3.63, 3.8) is 0 Å². The molecule has 1 rings (SSSR count). The highest BCUT2D eigenvalue weighted by Crippen LogP contribution is 2.17. The summed E-state index contributed by atoms with van der Waals surface area (Å²) in [4.78, 5) is 36.0. The van der Waals surface area contributed by atoms with Crippen LogP contribution in [0.15, 0.2) is 0 Å². The van der Waals surface area contributed by atoms with Gasteiger partial charge in [-0.3, -0.25) is 14.9 Å². The average molecular weight is 241 g/mol. The number of nitrogens with one attached hydrogen (secondary N) is 2. The highest BCUT2D eigenvalue weighted by Gasteiger charge is 2.41. The first-order chi connectivity index (χ1) is 7.92. The van der Waals surface area contributed by atoms with Crippen molar-refractivity contribution in [1.82, 2.24) is 15.5 Å². The zero-order valence-corrected chi connectivity index (χ0v) is 10.5. The molecule has 0 spiro atoms. The number of rotatable bonds is 5. The molecule has 1 fully saturated rings. The third kappa shape index (κ3) is 2.95. The van der Waals surface area contributed by atoms with E-state index in [9.17, 15) is 14.4 Å². The quantitative estimate of drug-likeness (QED) is 0.676. The molecule has 0 radical (unpaired) electrons. The topological polar surface area (TPSA) is 78.5 Å². The van der Waals surface area contributed by atoms with Crippen LogP contribution in [0.3, 0.4) is 0 Å². The summed E-state index contributed by atoms with van der Waals surface area (Å²) < 4.78 is 0. The van der Waals surface area contributed by atoms with E-state index < -0.39 is 11.6 Å². The van der Waals surface area contributed by atoms with Crippen molar-refractivity contribution in [1.29, 1.82) is 0 Å². The number of imide groups is 1. The standard InChI is InChI=1S/C11H19N3O3/c1-4-14(5-2)8(15)6-7-11(3)9(16)12-10(17)13-11/h4-7H2,1-3H3,(H2,12,13,16,17)/t11-/m0/s1. The molecule has 6 nitrogen and oxygen atoms in total. The third-order valence-corrected chi connectivity index (χ3v) is 3.07. The van der Waals surface area contributed by atoms with Crippen LogP contribution in [0.2, 0.25) is 0 Å². The summed E-state index contributed by atoms with van der Waals surface area (Å²) in [5.74, 6) is -0.361. The summed E-state index contributed by atoms with van der Waals surface area (Å²) in [5, 5.41) is 4.71. The monoisotopic (exact) mass is 241 g/mol. The van der Waals surface area contributed by atoms with Crippen molar-refractivity contribution in [2.24, 2.45) is 0 Å². The molecule has 96 valence electrons. The number of amides is 4. The van der Waals surface area contributed by atoms with E-state index in [2.05, 4.69) is 10.6 Å². The van der Waals surface area contributed by atoms with E-state index in [0.717, 1.165) is 0 Å². The lowest BCUT2D eigenvalue weighted by molar-refractivity contribution is -0.131. The number of urea groups is 1. The molecule has 1 saturated heterocycles. The van der Waals surface area contributed by atoms with Crippen molar-refractivity contribution in [2.45, 2.75) is 39.2 Å². The molecule has 0 aromatic carbocycles. The van der Waals surface area contributed by atoms with Gasteiger partial charge >= 0.3 is 6.03 Å². The van der Waals surface area contributed by atoms with Crippen LogP contribution in [0, 0.1) is 0 Å². The highest BCUT2D eigenvalue weighted by molar-refractivity contribution is 6.06. The molecule has 0 unspecified atom stereocenters. The molecule has 6 heteroatoms. The first-order valence-electron chi connectivity index (χ1n) is 5.84. The Morgan fingerprint density at radius 2 is 1.88 bits per heavy atom. The van der Waals surface area contributed by atoms with E-state index in [0.29, 0.717) is 19.5 Å². The maximum Gasteiger partial charge on any atom is 0.322 e. The van der Waals surface area contributed by atoms with Crippen molar-refractivity contribution in [3.05, 3.63) is 0 Å². The van der Waals surface area contributed by atoms with E-state index in [1.54, 1.807) is 11.8 Å². The van der Waals surface area contributed by atoms with Gasteiger partial charge in [-0.2, -0.15) is 0 Å². The highest BCUT2D eigenvalue weighted by atomic mass is 16.2. The van der Waals surface area contributed by atoms with Gasteiger partial charge in [0.1, 0.15) is 5.54 Å². The van der Waals surface area contributed by atoms with Gasteiger partial charge in [-0.15, -0.1) is 0 Å². The number of carbonyl (C=O) groups excluding carboxylic acids is 3.